The molecule has 0 amide bonds. The monoisotopic (exact) mass is 383 g/mol. The Morgan fingerprint density at radius 2 is 1.63 bits per heavy atom. The zero-order valence-corrected chi connectivity index (χ0v) is 15.5. The molecule has 0 aliphatic heterocycles. The SMILES string of the molecule is Cc1cccc(-c2ccc(F)c(C(=O)CNS(=O)(=O)c3ccccc3)c2)c1. The largest absolute Gasteiger partial charge is 0.293 e. The number of carbonyl (C=O) groups is 1. The summed E-state index contributed by atoms with van der Waals surface area (Å²) in [7, 11) is -3.84. The lowest BCUT2D eigenvalue weighted by atomic mass is 9.99. The number of ketones is 1. The van der Waals surface area contributed by atoms with Crippen molar-refractivity contribution in [1.29, 1.82) is 0 Å². The van der Waals surface area contributed by atoms with Gasteiger partial charge in [0, 0.05) is 0 Å². The molecule has 3 rings (SSSR count). The van der Waals surface area contributed by atoms with Crippen LogP contribution >= 0.6 is 0 Å². The van der Waals surface area contributed by atoms with Gasteiger partial charge in [0.15, 0.2) is 5.78 Å². The Morgan fingerprint density at radius 3 is 2.33 bits per heavy atom. The van der Waals surface area contributed by atoms with E-state index in [0.29, 0.717) is 5.56 Å². The number of aryl methyl sites for hydroxylation is 1. The highest BCUT2D eigenvalue weighted by Gasteiger charge is 2.18. The molecule has 0 aromatic heterocycles. The maximum absolute atomic E-state index is 14.2. The van der Waals surface area contributed by atoms with Gasteiger partial charge >= 0.3 is 0 Å². The van der Waals surface area contributed by atoms with Crippen molar-refractivity contribution < 1.29 is 17.6 Å². The van der Waals surface area contributed by atoms with Crippen molar-refractivity contribution >= 4 is 15.8 Å². The minimum Gasteiger partial charge on any atom is -0.293 e. The normalized spacial score (nSPS) is 11.3. The first-order valence-corrected chi connectivity index (χ1v) is 9.80. The van der Waals surface area contributed by atoms with Crippen LogP contribution in [0.25, 0.3) is 11.1 Å². The fourth-order valence-corrected chi connectivity index (χ4v) is 3.69. The van der Waals surface area contributed by atoms with E-state index in [2.05, 4.69) is 4.72 Å². The highest BCUT2D eigenvalue weighted by Crippen LogP contribution is 2.23. The summed E-state index contributed by atoms with van der Waals surface area (Å²) in [5.74, 6) is -1.32. The van der Waals surface area contributed by atoms with Gasteiger partial charge in [-0.2, -0.15) is 0 Å². The number of Topliss-reactive ketones (excluding diaryl/α,β-unsaturated/α-hetero) is 1. The number of hydrogen-bond donors (Lipinski definition) is 1. The van der Waals surface area contributed by atoms with E-state index in [9.17, 15) is 17.6 Å². The summed E-state index contributed by atoms with van der Waals surface area (Å²) >= 11 is 0. The van der Waals surface area contributed by atoms with Gasteiger partial charge in [0.2, 0.25) is 10.0 Å². The van der Waals surface area contributed by atoms with Crippen molar-refractivity contribution in [1.82, 2.24) is 4.72 Å². The molecule has 0 spiro atoms. The van der Waals surface area contributed by atoms with Gasteiger partial charge < -0.3 is 0 Å². The summed E-state index contributed by atoms with van der Waals surface area (Å²) in [6.07, 6.45) is 0. The van der Waals surface area contributed by atoms with Crippen LogP contribution in [0.3, 0.4) is 0 Å². The second-order valence-electron chi connectivity index (χ2n) is 6.12. The Morgan fingerprint density at radius 1 is 0.926 bits per heavy atom. The maximum atomic E-state index is 14.2. The van der Waals surface area contributed by atoms with Gasteiger partial charge in [0.25, 0.3) is 0 Å². The van der Waals surface area contributed by atoms with Gasteiger partial charge in [0.1, 0.15) is 5.82 Å². The molecule has 0 bridgehead atoms. The molecule has 1 N–H and O–H groups in total. The molecule has 0 unspecified atom stereocenters. The van der Waals surface area contributed by atoms with Gasteiger partial charge in [0.05, 0.1) is 17.0 Å². The molecule has 0 heterocycles. The predicted octanol–water partition coefficient (Wildman–Crippen LogP) is 3.96. The summed E-state index contributed by atoms with van der Waals surface area (Å²) in [5.41, 5.74) is 2.44. The zero-order chi connectivity index (χ0) is 19.4. The van der Waals surface area contributed by atoms with Crippen LogP contribution < -0.4 is 4.72 Å². The van der Waals surface area contributed by atoms with Crippen molar-refractivity contribution in [2.75, 3.05) is 6.54 Å². The molecule has 0 fully saturated rings. The van der Waals surface area contributed by atoms with Crippen LogP contribution in [0.5, 0.6) is 0 Å². The van der Waals surface area contributed by atoms with E-state index in [1.54, 1.807) is 24.3 Å². The highest BCUT2D eigenvalue weighted by atomic mass is 32.2. The first-order valence-electron chi connectivity index (χ1n) is 8.31. The highest BCUT2D eigenvalue weighted by molar-refractivity contribution is 7.89. The van der Waals surface area contributed by atoms with Crippen LogP contribution in [-0.4, -0.2) is 20.7 Å². The average molecular weight is 383 g/mol. The molecule has 0 radical (unpaired) electrons. The fourth-order valence-electron chi connectivity index (χ4n) is 2.68. The summed E-state index contributed by atoms with van der Waals surface area (Å²) in [6.45, 7) is 1.42. The molecule has 4 nitrogen and oxygen atoms in total. The van der Waals surface area contributed by atoms with Crippen LogP contribution in [0, 0.1) is 12.7 Å². The van der Waals surface area contributed by atoms with Gasteiger partial charge in [-0.05, 0) is 42.3 Å². The number of rotatable bonds is 6. The Bertz CT molecular complexity index is 1080. The Kier molecular flexibility index (Phi) is 5.48. The molecule has 0 atom stereocenters. The molecule has 0 aliphatic carbocycles. The molecule has 0 aliphatic rings. The number of sulfonamides is 1. The fraction of sp³-hybridized carbons (Fsp3) is 0.0952. The molecule has 0 saturated heterocycles. The molecule has 3 aromatic carbocycles. The van der Waals surface area contributed by atoms with E-state index >= 15 is 0 Å². The van der Waals surface area contributed by atoms with Gasteiger partial charge in [-0.15, -0.1) is 0 Å². The van der Waals surface area contributed by atoms with Crippen LogP contribution in [0.4, 0.5) is 4.39 Å². The Hall–Kier alpha value is -2.83. The molecular formula is C21H18FNO3S. The second kappa shape index (κ2) is 7.82. The topological polar surface area (TPSA) is 63.2 Å². The first-order chi connectivity index (χ1) is 12.9. The molecule has 3 aromatic rings. The minimum atomic E-state index is -3.84. The summed E-state index contributed by atoms with van der Waals surface area (Å²) in [5, 5.41) is 0. The molecular weight excluding hydrogens is 365 g/mol. The van der Waals surface area contributed by atoms with Crippen LogP contribution in [0.1, 0.15) is 15.9 Å². The number of benzene rings is 3. The molecule has 6 heteroatoms. The van der Waals surface area contributed by atoms with Crippen molar-refractivity contribution in [3.8, 4) is 11.1 Å². The van der Waals surface area contributed by atoms with Crippen molar-refractivity contribution in [3.05, 3.63) is 89.7 Å². The molecule has 138 valence electrons. The lowest BCUT2D eigenvalue weighted by Gasteiger charge is -2.09. The van der Waals surface area contributed by atoms with Gasteiger partial charge in [-0.3, -0.25) is 4.79 Å². The average Bonchev–Trinajstić information content (AvgIpc) is 2.67. The van der Waals surface area contributed by atoms with Gasteiger partial charge in [-0.1, -0.05) is 54.1 Å². The maximum Gasteiger partial charge on any atom is 0.240 e. The first kappa shape index (κ1) is 18.9. The minimum absolute atomic E-state index is 0.0479. The van der Waals surface area contributed by atoms with E-state index in [1.165, 1.54) is 24.3 Å². The molecule has 27 heavy (non-hydrogen) atoms. The van der Waals surface area contributed by atoms with Crippen molar-refractivity contribution in [2.45, 2.75) is 11.8 Å². The lowest BCUT2D eigenvalue weighted by Crippen LogP contribution is -2.30. The summed E-state index contributed by atoms with van der Waals surface area (Å²) in [4.78, 5) is 12.5. The van der Waals surface area contributed by atoms with E-state index in [0.717, 1.165) is 11.1 Å². The Labute approximate surface area is 157 Å². The third kappa shape index (κ3) is 4.48. The van der Waals surface area contributed by atoms with E-state index in [4.69, 9.17) is 0 Å². The number of nitrogens with one attached hydrogen (secondary N) is 1. The van der Waals surface area contributed by atoms with Crippen molar-refractivity contribution in [3.63, 3.8) is 0 Å². The van der Waals surface area contributed by atoms with Crippen LogP contribution in [0.15, 0.2) is 77.7 Å². The lowest BCUT2D eigenvalue weighted by molar-refractivity contribution is 0.0993. The molecule has 0 saturated carbocycles. The number of hydrogen-bond acceptors (Lipinski definition) is 3. The van der Waals surface area contributed by atoms with Crippen LogP contribution in [-0.2, 0) is 10.0 Å². The van der Waals surface area contributed by atoms with E-state index < -0.39 is 28.2 Å². The number of halogens is 1. The van der Waals surface area contributed by atoms with E-state index in [1.807, 2.05) is 31.2 Å². The summed E-state index contributed by atoms with van der Waals surface area (Å²) in [6, 6.07) is 19.6. The third-order valence-corrected chi connectivity index (χ3v) is 5.51. The second-order valence-corrected chi connectivity index (χ2v) is 7.89. The quantitative estimate of drug-likeness (QED) is 0.656. The zero-order valence-electron chi connectivity index (χ0n) is 14.6. The third-order valence-electron chi connectivity index (χ3n) is 4.09. The summed E-state index contributed by atoms with van der Waals surface area (Å²) < 4.78 is 40.8. The Balaban J connectivity index is 1.82. The number of carbonyl (C=O) groups excluding carboxylic acids is 1. The van der Waals surface area contributed by atoms with E-state index in [-0.39, 0.29) is 10.5 Å². The van der Waals surface area contributed by atoms with Crippen LogP contribution in [0.2, 0.25) is 0 Å². The van der Waals surface area contributed by atoms with Gasteiger partial charge in [-0.25, -0.2) is 17.5 Å². The predicted molar refractivity (Wildman–Crippen MR) is 103 cm³/mol. The smallest absolute Gasteiger partial charge is 0.240 e. The standard InChI is InChI=1S/C21H18FNO3S/c1-15-6-5-7-16(12-15)17-10-11-20(22)19(13-17)21(24)14-23-27(25,26)18-8-3-2-4-9-18/h2-13,23H,14H2,1H3. The van der Waals surface area contributed by atoms with Crippen molar-refractivity contribution in [2.24, 2.45) is 0 Å².